The second-order valence-corrected chi connectivity index (χ2v) is 7.61. The van der Waals surface area contributed by atoms with E-state index in [9.17, 15) is 13.6 Å². The predicted molar refractivity (Wildman–Crippen MR) is 108 cm³/mol. The van der Waals surface area contributed by atoms with Gasteiger partial charge in [0.1, 0.15) is 6.04 Å². The molecule has 6 nitrogen and oxygen atoms in total. The van der Waals surface area contributed by atoms with E-state index in [0.29, 0.717) is 29.5 Å². The summed E-state index contributed by atoms with van der Waals surface area (Å²) in [5.41, 5.74) is 3.03. The quantitative estimate of drug-likeness (QED) is 0.587. The second kappa shape index (κ2) is 7.41. The van der Waals surface area contributed by atoms with E-state index >= 15 is 0 Å². The smallest absolute Gasteiger partial charge is 0.266 e. The summed E-state index contributed by atoms with van der Waals surface area (Å²) in [4.78, 5) is 20.1. The molecule has 1 amide bonds. The number of alkyl halides is 2. The Balaban J connectivity index is 1.82. The monoisotopic (exact) mass is 407 g/mol. The van der Waals surface area contributed by atoms with Crippen molar-refractivity contribution in [3.8, 4) is 6.07 Å². The van der Waals surface area contributed by atoms with Crippen LogP contribution in [0.15, 0.2) is 47.7 Å². The van der Waals surface area contributed by atoms with Gasteiger partial charge in [0, 0.05) is 41.4 Å². The second-order valence-electron chi connectivity index (χ2n) is 7.61. The summed E-state index contributed by atoms with van der Waals surface area (Å²) < 4.78 is 28.5. The Bertz CT molecular complexity index is 1180. The van der Waals surface area contributed by atoms with Crippen LogP contribution in [0.5, 0.6) is 0 Å². The zero-order valence-electron chi connectivity index (χ0n) is 16.5. The number of amides is 1. The number of rotatable bonds is 5. The molecule has 0 aliphatic heterocycles. The number of pyridine rings is 1. The van der Waals surface area contributed by atoms with Crippen LogP contribution in [0.25, 0.3) is 10.9 Å². The van der Waals surface area contributed by atoms with Crippen molar-refractivity contribution >= 4 is 22.5 Å². The van der Waals surface area contributed by atoms with Gasteiger partial charge in [-0.2, -0.15) is 19.1 Å². The summed E-state index contributed by atoms with van der Waals surface area (Å²) >= 11 is 0. The topological polar surface area (TPSA) is 83.9 Å². The number of aliphatic imine (C=N–C) groups is 1. The standard InChI is InChI=1S/C22H19F2N5O/c1-13(28-21(30)22(2,23)24)20(16-6-7-18(26-11-16)15-4-5-15)29-19-8-3-14(10-25)9-17(19)12-27-29/h3,6-9,11-12,15,20H,4-5H2,1-2H3/t20-/m0/s1. The molecule has 1 atom stereocenters. The third-order valence-electron chi connectivity index (χ3n) is 5.14. The zero-order chi connectivity index (χ0) is 21.5. The molecule has 0 spiro atoms. The predicted octanol–water partition coefficient (Wildman–Crippen LogP) is 4.41. The third kappa shape index (κ3) is 3.83. The average Bonchev–Trinajstić information content (AvgIpc) is 3.49. The van der Waals surface area contributed by atoms with E-state index in [-0.39, 0.29) is 5.71 Å². The van der Waals surface area contributed by atoms with Crippen LogP contribution in [0, 0.1) is 11.3 Å². The first-order chi connectivity index (χ1) is 14.3. The first-order valence-corrected chi connectivity index (χ1v) is 9.58. The molecule has 1 fully saturated rings. The highest BCUT2D eigenvalue weighted by Gasteiger charge is 2.33. The number of fused-ring (bicyclic) bond motifs is 1. The fourth-order valence-corrected chi connectivity index (χ4v) is 3.41. The van der Waals surface area contributed by atoms with E-state index in [1.165, 1.54) is 6.92 Å². The van der Waals surface area contributed by atoms with E-state index in [0.717, 1.165) is 23.9 Å². The molecule has 4 rings (SSSR count). The fourth-order valence-electron chi connectivity index (χ4n) is 3.41. The van der Waals surface area contributed by atoms with Crippen molar-refractivity contribution in [2.24, 2.45) is 4.99 Å². The van der Waals surface area contributed by atoms with Crippen LogP contribution in [0.4, 0.5) is 8.78 Å². The molecule has 152 valence electrons. The molecule has 0 radical (unpaired) electrons. The molecule has 2 heterocycles. The molecule has 1 aliphatic carbocycles. The lowest BCUT2D eigenvalue weighted by molar-refractivity contribution is -0.139. The van der Waals surface area contributed by atoms with Gasteiger partial charge in [-0.1, -0.05) is 6.07 Å². The van der Waals surface area contributed by atoms with Crippen molar-refractivity contribution in [1.29, 1.82) is 5.26 Å². The normalized spacial score (nSPS) is 15.8. The molecule has 0 bridgehead atoms. The van der Waals surface area contributed by atoms with Gasteiger partial charge in [-0.25, -0.2) is 4.99 Å². The Morgan fingerprint density at radius 3 is 2.67 bits per heavy atom. The van der Waals surface area contributed by atoms with Gasteiger partial charge in [0.05, 0.1) is 23.3 Å². The largest absolute Gasteiger partial charge is 0.324 e. The lowest BCUT2D eigenvalue weighted by Crippen LogP contribution is -2.26. The zero-order valence-corrected chi connectivity index (χ0v) is 16.5. The van der Waals surface area contributed by atoms with Gasteiger partial charge in [0.25, 0.3) is 0 Å². The Morgan fingerprint density at radius 2 is 2.07 bits per heavy atom. The lowest BCUT2D eigenvalue weighted by atomic mass is 10.0. The first-order valence-electron chi connectivity index (χ1n) is 9.58. The number of hydrogen-bond donors (Lipinski definition) is 0. The maximum Gasteiger partial charge on any atom is 0.324 e. The summed E-state index contributed by atoms with van der Waals surface area (Å²) in [7, 11) is 0. The van der Waals surface area contributed by atoms with E-state index in [2.05, 4.69) is 21.1 Å². The number of hydrogen-bond acceptors (Lipinski definition) is 4. The van der Waals surface area contributed by atoms with Gasteiger partial charge in [0.2, 0.25) is 0 Å². The number of nitriles is 1. The summed E-state index contributed by atoms with van der Waals surface area (Å²) in [6, 6.07) is 10.3. The number of carbonyl (C=O) groups excluding carboxylic acids is 1. The summed E-state index contributed by atoms with van der Waals surface area (Å²) in [5.74, 6) is -4.59. The molecule has 8 heteroatoms. The minimum absolute atomic E-state index is 0.178. The van der Waals surface area contributed by atoms with Crippen molar-refractivity contribution < 1.29 is 13.6 Å². The third-order valence-corrected chi connectivity index (χ3v) is 5.14. The molecule has 30 heavy (non-hydrogen) atoms. The summed E-state index contributed by atoms with van der Waals surface area (Å²) in [6.07, 6.45) is 5.50. The molecular weight excluding hydrogens is 388 g/mol. The average molecular weight is 407 g/mol. The van der Waals surface area contributed by atoms with Gasteiger partial charge in [0.15, 0.2) is 0 Å². The Labute approximate surface area is 171 Å². The Hall–Kier alpha value is -3.47. The van der Waals surface area contributed by atoms with Crippen LogP contribution in [0.2, 0.25) is 0 Å². The van der Waals surface area contributed by atoms with Crippen LogP contribution in [0.3, 0.4) is 0 Å². The number of halogens is 2. The molecule has 3 aromatic rings. The van der Waals surface area contributed by atoms with Crippen LogP contribution in [-0.4, -0.2) is 32.3 Å². The fraction of sp³-hybridized carbons (Fsp3) is 0.318. The molecule has 1 aromatic carbocycles. The minimum Gasteiger partial charge on any atom is -0.266 e. The Morgan fingerprint density at radius 1 is 1.30 bits per heavy atom. The van der Waals surface area contributed by atoms with Crippen LogP contribution < -0.4 is 0 Å². The van der Waals surface area contributed by atoms with Crippen molar-refractivity contribution in [3.05, 3.63) is 59.5 Å². The maximum absolute atomic E-state index is 13.4. The molecule has 0 N–H and O–H groups in total. The first kappa shape index (κ1) is 19.8. The molecule has 1 saturated carbocycles. The van der Waals surface area contributed by atoms with Gasteiger partial charge >= 0.3 is 11.8 Å². The van der Waals surface area contributed by atoms with Crippen LogP contribution >= 0.6 is 0 Å². The maximum atomic E-state index is 13.4. The van der Waals surface area contributed by atoms with Gasteiger partial charge in [-0.15, -0.1) is 0 Å². The highest BCUT2D eigenvalue weighted by atomic mass is 19.3. The summed E-state index contributed by atoms with van der Waals surface area (Å²) in [6.45, 7) is 2.06. The molecular formula is C22H19F2N5O. The van der Waals surface area contributed by atoms with Crippen LogP contribution in [0.1, 0.15) is 55.5 Å². The lowest BCUT2D eigenvalue weighted by Gasteiger charge is -2.20. The van der Waals surface area contributed by atoms with Crippen molar-refractivity contribution in [2.45, 2.75) is 44.6 Å². The van der Waals surface area contributed by atoms with E-state index < -0.39 is 17.9 Å². The van der Waals surface area contributed by atoms with Gasteiger partial charge in [-0.05, 0) is 44.0 Å². The summed E-state index contributed by atoms with van der Waals surface area (Å²) in [5, 5.41) is 14.2. The highest BCUT2D eigenvalue weighted by Crippen LogP contribution is 2.39. The van der Waals surface area contributed by atoms with Crippen molar-refractivity contribution in [1.82, 2.24) is 14.8 Å². The number of carbonyl (C=O) groups is 1. The van der Waals surface area contributed by atoms with Gasteiger partial charge in [-0.3, -0.25) is 14.5 Å². The van der Waals surface area contributed by atoms with Crippen molar-refractivity contribution in [2.75, 3.05) is 0 Å². The number of benzene rings is 1. The van der Waals surface area contributed by atoms with Gasteiger partial charge < -0.3 is 0 Å². The highest BCUT2D eigenvalue weighted by molar-refractivity contribution is 6.00. The van der Waals surface area contributed by atoms with Crippen LogP contribution in [-0.2, 0) is 4.79 Å². The van der Waals surface area contributed by atoms with Crippen molar-refractivity contribution in [3.63, 3.8) is 0 Å². The SMILES string of the molecule is CC(=NC(=O)C(C)(F)F)[C@@H](c1ccc(C2CC2)nc1)n1ncc2cc(C#N)ccc21. The molecule has 0 unspecified atom stereocenters. The molecule has 0 saturated heterocycles. The minimum atomic E-state index is -3.56. The van der Waals surface area contributed by atoms with E-state index in [1.807, 2.05) is 12.1 Å². The number of nitrogens with zero attached hydrogens (tertiary/aromatic N) is 5. The molecule has 1 aliphatic rings. The Kier molecular flexibility index (Phi) is 4.90. The van der Waals surface area contributed by atoms with E-state index in [1.54, 1.807) is 35.3 Å². The number of aromatic nitrogens is 3. The van der Waals surface area contributed by atoms with E-state index in [4.69, 9.17) is 5.26 Å². The molecule has 2 aromatic heterocycles.